The van der Waals surface area contributed by atoms with Crippen molar-refractivity contribution in [2.24, 2.45) is 0 Å². The second-order valence-electron chi connectivity index (χ2n) is 3.15. The highest BCUT2D eigenvalue weighted by Gasteiger charge is 2.48. The van der Waals surface area contributed by atoms with Crippen LogP contribution < -0.4 is 11.1 Å². The molecular weight excluding hydrogens is 247 g/mol. The number of amides is 1. The molecule has 0 heterocycles. The van der Waals surface area contributed by atoms with Crippen LogP contribution in [0.1, 0.15) is 0 Å². The Kier molecular flexibility index (Phi) is 3.54. The summed E-state index contributed by atoms with van der Waals surface area (Å²) in [4.78, 5) is 10.8. The van der Waals surface area contributed by atoms with Crippen molar-refractivity contribution in [2.75, 3.05) is 11.1 Å². The average Bonchev–Trinajstić information content (AvgIpc) is 2.15. The monoisotopic (exact) mass is 254 g/mol. The van der Waals surface area contributed by atoms with E-state index in [1.54, 1.807) is 0 Å². The first-order valence-corrected chi connectivity index (χ1v) is 4.27. The van der Waals surface area contributed by atoms with Gasteiger partial charge in [0.15, 0.2) is 0 Å². The van der Waals surface area contributed by atoms with Gasteiger partial charge in [0.2, 0.25) is 0 Å². The summed E-state index contributed by atoms with van der Waals surface area (Å²) in [5, 5.41) is 1.46. The number of carbonyl (C=O) groups excluding carboxylic acids is 1. The maximum Gasteiger partial charge on any atom is 0.383 e. The summed E-state index contributed by atoms with van der Waals surface area (Å²) < 4.78 is 61.5. The molecule has 0 aliphatic rings. The van der Waals surface area contributed by atoms with Gasteiger partial charge in [-0.1, -0.05) is 0 Å². The number of hydrogen-bond donors (Lipinski definition) is 2. The SMILES string of the molecule is Nc1cc(F)cc(NC(=O)C(F)(F)C(F)F)c1. The maximum atomic E-state index is 12.8. The lowest BCUT2D eigenvalue weighted by Gasteiger charge is -2.15. The molecule has 0 atom stereocenters. The average molecular weight is 254 g/mol. The Labute approximate surface area is 92.4 Å². The van der Waals surface area contributed by atoms with Crippen molar-refractivity contribution in [3.63, 3.8) is 0 Å². The number of nitrogens with two attached hydrogens (primary N) is 1. The lowest BCUT2D eigenvalue weighted by Crippen LogP contribution is -2.41. The normalized spacial score (nSPS) is 11.6. The van der Waals surface area contributed by atoms with Gasteiger partial charge in [-0.2, -0.15) is 8.78 Å². The topological polar surface area (TPSA) is 55.1 Å². The van der Waals surface area contributed by atoms with Crippen LogP contribution >= 0.6 is 0 Å². The predicted octanol–water partition coefficient (Wildman–Crippen LogP) is 2.25. The van der Waals surface area contributed by atoms with E-state index in [0.717, 1.165) is 12.1 Å². The largest absolute Gasteiger partial charge is 0.399 e. The van der Waals surface area contributed by atoms with Crippen LogP contribution in [0.4, 0.5) is 33.3 Å². The molecule has 1 rings (SSSR count). The molecule has 1 aromatic carbocycles. The number of nitrogen functional groups attached to an aromatic ring is 1. The molecule has 3 N–H and O–H groups in total. The van der Waals surface area contributed by atoms with Crippen LogP contribution in [0.5, 0.6) is 0 Å². The molecule has 94 valence electrons. The van der Waals surface area contributed by atoms with E-state index in [-0.39, 0.29) is 5.69 Å². The molecule has 0 aliphatic carbocycles. The van der Waals surface area contributed by atoms with Gasteiger partial charge in [-0.05, 0) is 18.2 Å². The molecular formula is C9H7F5N2O. The minimum absolute atomic E-state index is 0.138. The van der Waals surface area contributed by atoms with E-state index < -0.39 is 29.8 Å². The molecule has 0 spiro atoms. The highest BCUT2D eigenvalue weighted by Crippen LogP contribution is 2.25. The van der Waals surface area contributed by atoms with Gasteiger partial charge in [-0.15, -0.1) is 0 Å². The maximum absolute atomic E-state index is 12.8. The van der Waals surface area contributed by atoms with E-state index in [4.69, 9.17) is 5.73 Å². The van der Waals surface area contributed by atoms with Crippen molar-refractivity contribution < 1.29 is 26.7 Å². The number of rotatable bonds is 3. The molecule has 0 bridgehead atoms. The fourth-order valence-corrected chi connectivity index (χ4v) is 0.998. The summed E-state index contributed by atoms with van der Waals surface area (Å²) in [6.07, 6.45) is -4.14. The lowest BCUT2D eigenvalue weighted by atomic mass is 10.2. The standard InChI is InChI=1S/C9H7F5N2O/c10-4-1-5(15)3-6(2-4)16-8(17)9(13,14)7(11)12/h1-3,7H,15H2,(H,16,17). The van der Waals surface area contributed by atoms with Gasteiger partial charge in [0.25, 0.3) is 0 Å². The van der Waals surface area contributed by atoms with Crippen LogP contribution in [-0.4, -0.2) is 18.3 Å². The lowest BCUT2D eigenvalue weighted by molar-refractivity contribution is -0.163. The van der Waals surface area contributed by atoms with Crippen molar-refractivity contribution >= 4 is 17.3 Å². The number of halogens is 5. The molecule has 0 unspecified atom stereocenters. The van der Waals surface area contributed by atoms with Crippen molar-refractivity contribution in [3.05, 3.63) is 24.0 Å². The fourth-order valence-electron chi connectivity index (χ4n) is 0.998. The Morgan fingerprint density at radius 1 is 1.29 bits per heavy atom. The van der Waals surface area contributed by atoms with Gasteiger partial charge in [-0.3, -0.25) is 4.79 Å². The Hall–Kier alpha value is -1.86. The van der Waals surface area contributed by atoms with Gasteiger partial charge < -0.3 is 11.1 Å². The second-order valence-corrected chi connectivity index (χ2v) is 3.15. The minimum Gasteiger partial charge on any atom is -0.399 e. The van der Waals surface area contributed by atoms with E-state index >= 15 is 0 Å². The first-order valence-electron chi connectivity index (χ1n) is 4.27. The third-order valence-electron chi connectivity index (χ3n) is 1.75. The van der Waals surface area contributed by atoms with Crippen molar-refractivity contribution in [2.45, 2.75) is 12.3 Å². The summed E-state index contributed by atoms with van der Waals surface area (Å²) in [7, 11) is 0. The highest BCUT2D eigenvalue weighted by atomic mass is 19.3. The van der Waals surface area contributed by atoms with Crippen LogP contribution in [0.25, 0.3) is 0 Å². The molecule has 3 nitrogen and oxygen atoms in total. The Morgan fingerprint density at radius 2 is 1.88 bits per heavy atom. The third kappa shape index (κ3) is 3.05. The molecule has 0 aromatic heterocycles. The number of benzene rings is 1. The molecule has 0 saturated heterocycles. The number of alkyl halides is 4. The van der Waals surface area contributed by atoms with E-state index in [9.17, 15) is 26.7 Å². The molecule has 17 heavy (non-hydrogen) atoms. The van der Waals surface area contributed by atoms with Crippen LogP contribution in [-0.2, 0) is 4.79 Å². The predicted molar refractivity (Wildman–Crippen MR) is 50.4 cm³/mol. The minimum atomic E-state index is -4.85. The van der Waals surface area contributed by atoms with Gasteiger partial charge >= 0.3 is 18.3 Å². The molecule has 0 radical (unpaired) electrons. The number of carbonyl (C=O) groups is 1. The van der Waals surface area contributed by atoms with E-state index in [2.05, 4.69) is 0 Å². The van der Waals surface area contributed by atoms with Gasteiger partial charge in [0, 0.05) is 11.4 Å². The van der Waals surface area contributed by atoms with Gasteiger partial charge in [0.05, 0.1) is 0 Å². The van der Waals surface area contributed by atoms with Crippen molar-refractivity contribution in [1.29, 1.82) is 0 Å². The zero-order chi connectivity index (χ0) is 13.2. The molecule has 0 aliphatic heterocycles. The van der Waals surface area contributed by atoms with Gasteiger partial charge in [0.1, 0.15) is 5.82 Å². The van der Waals surface area contributed by atoms with Gasteiger partial charge in [-0.25, -0.2) is 13.2 Å². The highest BCUT2D eigenvalue weighted by molar-refractivity contribution is 5.96. The van der Waals surface area contributed by atoms with Crippen LogP contribution in [0.2, 0.25) is 0 Å². The number of hydrogen-bond acceptors (Lipinski definition) is 2. The summed E-state index contributed by atoms with van der Waals surface area (Å²) in [5.74, 6) is -7.96. The molecule has 1 amide bonds. The summed E-state index contributed by atoms with van der Waals surface area (Å²) in [5.41, 5.74) is 4.62. The van der Waals surface area contributed by atoms with Crippen LogP contribution in [0, 0.1) is 5.82 Å². The third-order valence-corrected chi connectivity index (χ3v) is 1.75. The molecule has 0 fully saturated rings. The smallest absolute Gasteiger partial charge is 0.383 e. The van der Waals surface area contributed by atoms with Crippen LogP contribution in [0.3, 0.4) is 0 Å². The summed E-state index contributed by atoms with van der Waals surface area (Å²) in [6.45, 7) is 0. The first-order chi connectivity index (χ1) is 7.73. The van der Waals surface area contributed by atoms with E-state index in [1.807, 2.05) is 0 Å². The number of anilines is 2. The fraction of sp³-hybridized carbons (Fsp3) is 0.222. The first kappa shape index (κ1) is 13.2. The van der Waals surface area contributed by atoms with Crippen molar-refractivity contribution in [1.82, 2.24) is 0 Å². The quantitative estimate of drug-likeness (QED) is 0.642. The second kappa shape index (κ2) is 4.56. The van der Waals surface area contributed by atoms with Crippen molar-refractivity contribution in [3.8, 4) is 0 Å². The molecule has 0 saturated carbocycles. The van der Waals surface area contributed by atoms with E-state index in [1.165, 1.54) is 5.32 Å². The summed E-state index contributed by atoms with van der Waals surface area (Å²) in [6, 6.07) is 2.51. The van der Waals surface area contributed by atoms with E-state index in [0.29, 0.717) is 6.07 Å². The Morgan fingerprint density at radius 3 is 2.35 bits per heavy atom. The number of nitrogens with one attached hydrogen (secondary N) is 1. The zero-order valence-electron chi connectivity index (χ0n) is 8.18. The Bertz CT molecular complexity index is 415. The molecule has 1 aromatic rings. The Balaban J connectivity index is 2.88. The zero-order valence-corrected chi connectivity index (χ0v) is 8.18. The molecule has 8 heteroatoms. The van der Waals surface area contributed by atoms with Crippen LogP contribution in [0.15, 0.2) is 18.2 Å². The summed E-state index contributed by atoms with van der Waals surface area (Å²) >= 11 is 0.